The number of pyridine rings is 1. The average Bonchev–Trinajstić information content (AvgIpc) is 2.88. The Bertz CT molecular complexity index is 1070. The third-order valence-corrected chi connectivity index (χ3v) is 6.11. The van der Waals surface area contributed by atoms with Crippen molar-refractivity contribution in [3.63, 3.8) is 0 Å². The van der Waals surface area contributed by atoms with Crippen LogP contribution >= 0.6 is 0 Å². The van der Waals surface area contributed by atoms with Crippen molar-refractivity contribution in [2.45, 2.75) is 25.8 Å². The van der Waals surface area contributed by atoms with Gasteiger partial charge in [0, 0.05) is 44.3 Å². The van der Waals surface area contributed by atoms with E-state index in [-0.39, 0.29) is 0 Å². The predicted molar refractivity (Wildman–Crippen MR) is 131 cm³/mol. The summed E-state index contributed by atoms with van der Waals surface area (Å²) in [5.41, 5.74) is 7.93. The molecule has 7 nitrogen and oxygen atoms in total. The first-order valence-corrected chi connectivity index (χ1v) is 11.6. The van der Waals surface area contributed by atoms with Crippen LogP contribution < -0.4 is 20.1 Å². The number of carbonyl (C=O) groups excluding carboxylic acids is 1. The Labute approximate surface area is 200 Å². The zero-order valence-electron chi connectivity index (χ0n) is 19.5. The van der Waals surface area contributed by atoms with Crippen molar-refractivity contribution in [1.82, 2.24) is 4.98 Å². The second kappa shape index (κ2) is 11.5. The summed E-state index contributed by atoms with van der Waals surface area (Å²) in [7, 11) is 1.62. The van der Waals surface area contributed by atoms with Crippen LogP contribution in [0.4, 0.5) is 5.69 Å². The molecule has 2 aromatic carbocycles. The summed E-state index contributed by atoms with van der Waals surface area (Å²) in [5, 5.41) is 0. The number of primary amides is 1. The van der Waals surface area contributed by atoms with Crippen molar-refractivity contribution in [2.75, 3.05) is 31.8 Å². The molecule has 0 spiro atoms. The van der Waals surface area contributed by atoms with Crippen LogP contribution in [0.5, 0.6) is 17.4 Å². The number of ether oxygens (including phenoxy) is 3. The van der Waals surface area contributed by atoms with Crippen LogP contribution in [-0.4, -0.2) is 37.8 Å². The SMILES string of the molecule is COc1cc(CN(CCC2CCOCC2)c2ccccc2)ccc1Oc1ccc(C(N)=O)cn1. The minimum Gasteiger partial charge on any atom is -0.493 e. The van der Waals surface area contributed by atoms with E-state index >= 15 is 0 Å². The molecular formula is C27H31N3O4. The normalized spacial score (nSPS) is 13.9. The van der Waals surface area contributed by atoms with Gasteiger partial charge in [0.2, 0.25) is 11.8 Å². The van der Waals surface area contributed by atoms with E-state index in [2.05, 4.69) is 34.1 Å². The summed E-state index contributed by atoms with van der Waals surface area (Å²) in [4.78, 5) is 17.8. The fourth-order valence-corrected chi connectivity index (χ4v) is 4.13. The number of rotatable bonds is 10. The highest BCUT2D eigenvalue weighted by molar-refractivity contribution is 5.92. The van der Waals surface area contributed by atoms with Gasteiger partial charge < -0.3 is 24.8 Å². The zero-order valence-corrected chi connectivity index (χ0v) is 19.5. The minimum absolute atomic E-state index is 0.330. The Kier molecular flexibility index (Phi) is 7.99. The fraction of sp³-hybridized carbons (Fsp3) is 0.333. The number of nitrogens with zero attached hydrogens (tertiary/aromatic N) is 2. The highest BCUT2D eigenvalue weighted by atomic mass is 16.5. The lowest BCUT2D eigenvalue weighted by molar-refractivity contribution is 0.0644. The Morgan fingerprint density at radius 3 is 2.56 bits per heavy atom. The monoisotopic (exact) mass is 461 g/mol. The van der Waals surface area contributed by atoms with E-state index in [1.54, 1.807) is 19.2 Å². The van der Waals surface area contributed by atoms with E-state index in [1.165, 1.54) is 11.9 Å². The molecule has 3 aromatic rings. The highest BCUT2D eigenvalue weighted by Gasteiger charge is 2.17. The van der Waals surface area contributed by atoms with E-state index in [9.17, 15) is 4.79 Å². The molecule has 0 aliphatic carbocycles. The van der Waals surface area contributed by atoms with E-state index in [0.717, 1.165) is 51.1 Å². The Balaban J connectivity index is 1.47. The number of hydrogen-bond acceptors (Lipinski definition) is 6. The van der Waals surface area contributed by atoms with Crippen LogP contribution in [0.2, 0.25) is 0 Å². The van der Waals surface area contributed by atoms with Gasteiger partial charge in [-0.25, -0.2) is 4.98 Å². The van der Waals surface area contributed by atoms with Crippen molar-refractivity contribution in [3.8, 4) is 17.4 Å². The predicted octanol–water partition coefficient (Wildman–Crippen LogP) is 4.80. The Hall–Kier alpha value is -3.58. The van der Waals surface area contributed by atoms with Crippen molar-refractivity contribution in [2.24, 2.45) is 11.7 Å². The summed E-state index contributed by atoms with van der Waals surface area (Å²) in [6.07, 6.45) is 4.81. The van der Waals surface area contributed by atoms with Gasteiger partial charge in [-0.3, -0.25) is 4.79 Å². The number of benzene rings is 2. The third-order valence-electron chi connectivity index (χ3n) is 6.11. The number of carbonyl (C=O) groups is 1. The molecule has 0 radical (unpaired) electrons. The maximum Gasteiger partial charge on any atom is 0.250 e. The molecule has 1 aliphatic rings. The molecule has 1 aromatic heterocycles. The van der Waals surface area contributed by atoms with Gasteiger partial charge in [0.15, 0.2) is 11.5 Å². The molecule has 0 bridgehead atoms. The molecule has 34 heavy (non-hydrogen) atoms. The molecular weight excluding hydrogens is 430 g/mol. The standard InChI is InChI=1S/C27H31N3O4/c1-32-25-17-21(7-9-24(25)34-26-10-8-22(18-29-26)27(28)31)19-30(23-5-3-2-4-6-23)14-11-20-12-15-33-16-13-20/h2-10,17-18,20H,11-16,19H2,1H3,(H2,28,31). The van der Waals surface area contributed by atoms with E-state index in [0.29, 0.717) is 28.9 Å². The van der Waals surface area contributed by atoms with Crippen LogP contribution in [0, 0.1) is 5.92 Å². The van der Waals surface area contributed by atoms with Crippen LogP contribution in [0.3, 0.4) is 0 Å². The van der Waals surface area contributed by atoms with Gasteiger partial charge in [-0.1, -0.05) is 24.3 Å². The van der Waals surface area contributed by atoms with E-state index in [4.69, 9.17) is 19.9 Å². The zero-order chi connectivity index (χ0) is 23.8. The number of anilines is 1. The molecule has 0 atom stereocenters. The second-order valence-electron chi connectivity index (χ2n) is 8.44. The molecule has 2 N–H and O–H groups in total. The first-order valence-electron chi connectivity index (χ1n) is 11.6. The van der Waals surface area contributed by atoms with Gasteiger partial charge >= 0.3 is 0 Å². The molecule has 1 aliphatic heterocycles. The first kappa shape index (κ1) is 23.6. The lowest BCUT2D eigenvalue weighted by Crippen LogP contribution is -2.27. The first-order chi connectivity index (χ1) is 16.6. The number of para-hydroxylation sites is 1. The molecule has 0 unspecified atom stereocenters. The maximum absolute atomic E-state index is 11.2. The summed E-state index contributed by atoms with van der Waals surface area (Å²) in [5.74, 6) is 1.72. The lowest BCUT2D eigenvalue weighted by atomic mass is 9.96. The largest absolute Gasteiger partial charge is 0.493 e. The van der Waals surface area contributed by atoms with Crippen LogP contribution in [0.15, 0.2) is 66.9 Å². The maximum atomic E-state index is 11.2. The number of methoxy groups -OCH3 is 1. The van der Waals surface area contributed by atoms with Crippen molar-refractivity contribution >= 4 is 11.6 Å². The number of hydrogen-bond donors (Lipinski definition) is 1. The molecule has 1 amide bonds. The van der Waals surface area contributed by atoms with Crippen LogP contribution in [0.25, 0.3) is 0 Å². The molecule has 7 heteroatoms. The summed E-state index contributed by atoms with van der Waals surface area (Å²) < 4.78 is 17.0. The smallest absolute Gasteiger partial charge is 0.250 e. The number of amides is 1. The van der Waals surface area contributed by atoms with E-state index < -0.39 is 5.91 Å². The number of nitrogens with two attached hydrogens (primary N) is 1. The van der Waals surface area contributed by atoms with Crippen molar-refractivity contribution in [1.29, 1.82) is 0 Å². The summed E-state index contributed by atoms with van der Waals surface area (Å²) >= 11 is 0. The topological polar surface area (TPSA) is 86.9 Å². The second-order valence-corrected chi connectivity index (χ2v) is 8.44. The number of aromatic nitrogens is 1. The van der Waals surface area contributed by atoms with Gasteiger partial charge in [-0.2, -0.15) is 0 Å². The highest BCUT2D eigenvalue weighted by Crippen LogP contribution is 2.32. The summed E-state index contributed by atoms with van der Waals surface area (Å²) in [6.45, 7) is 3.48. The Morgan fingerprint density at radius 1 is 1.09 bits per heavy atom. The van der Waals surface area contributed by atoms with Crippen LogP contribution in [0.1, 0.15) is 35.2 Å². The third kappa shape index (κ3) is 6.26. The van der Waals surface area contributed by atoms with Crippen molar-refractivity contribution in [3.05, 3.63) is 78.0 Å². The van der Waals surface area contributed by atoms with Crippen LogP contribution in [-0.2, 0) is 11.3 Å². The average molecular weight is 462 g/mol. The molecule has 2 heterocycles. The van der Waals surface area contributed by atoms with Crippen molar-refractivity contribution < 1.29 is 19.0 Å². The quantitative estimate of drug-likeness (QED) is 0.466. The van der Waals surface area contributed by atoms with E-state index in [1.807, 2.05) is 24.3 Å². The molecule has 4 rings (SSSR count). The molecule has 178 valence electrons. The fourth-order valence-electron chi connectivity index (χ4n) is 4.13. The van der Waals surface area contributed by atoms with Gasteiger partial charge in [0.05, 0.1) is 12.7 Å². The minimum atomic E-state index is -0.527. The Morgan fingerprint density at radius 2 is 1.88 bits per heavy atom. The molecule has 0 saturated carbocycles. The van der Waals surface area contributed by atoms with Gasteiger partial charge in [0.25, 0.3) is 0 Å². The molecule has 1 saturated heterocycles. The van der Waals surface area contributed by atoms with Gasteiger partial charge in [-0.05, 0) is 61.1 Å². The lowest BCUT2D eigenvalue weighted by Gasteiger charge is -2.29. The summed E-state index contributed by atoms with van der Waals surface area (Å²) in [6, 6.07) is 19.6. The van der Waals surface area contributed by atoms with Gasteiger partial charge in [0.1, 0.15) is 0 Å². The molecule has 1 fully saturated rings. The van der Waals surface area contributed by atoms with Gasteiger partial charge in [-0.15, -0.1) is 0 Å².